The Bertz CT molecular complexity index is 382. The van der Waals surface area contributed by atoms with Gasteiger partial charge >= 0.3 is 0 Å². The van der Waals surface area contributed by atoms with Gasteiger partial charge in [-0.1, -0.05) is 19.9 Å². The van der Waals surface area contributed by atoms with Crippen LogP contribution in [0.15, 0.2) is 23.0 Å². The fourth-order valence-electron chi connectivity index (χ4n) is 1.73. The van der Waals surface area contributed by atoms with Crippen LogP contribution in [-0.2, 0) is 13.0 Å². The van der Waals surface area contributed by atoms with Gasteiger partial charge in [0.05, 0.1) is 0 Å². The predicted molar refractivity (Wildman–Crippen MR) is 67.8 cm³/mol. The number of likely N-dealkylation sites (N-methyl/N-ethyl adjacent to an activating group) is 1. The Balaban J connectivity index is 2.98. The summed E-state index contributed by atoms with van der Waals surface area (Å²) in [5.41, 5.74) is 1.22. The van der Waals surface area contributed by atoms with E-state index < -0.39 is 0 Å². The number of hydrogen-bond acceptors (Lipinski definition) is 2. The molecule has 1 N–H and O–H groups in total. The molecule has 1 rings (SSSR count). The third-order valence-electron chi connectivity index (χ3n) is 2.70. The molecule has 0 aliphatic carbocycles. The Morgan fingerprint density at radius 2 is 2.00 bits per heavy atom. The van der Waals surface area contributed by atoms with Gasteiger partial charge in [-0.05, 0) is 26.0 Å². The minimum atomic E-state index is 0.106. The highest BCUT2D eigenvalue weighted by atomic mass is 16.1. The quantitative estimate of drug-likeness (QED) is 0.822. The van der Waals surface area contributed by atoms with E-state index in [0.29, 0.717) is 12.0 Å². The van der Waals surface area contributed by atoms with Crippen molar-refractivity contribution < 1.29 is 0 Å². The van der Waals surface area contributed by atoms with Crippen LogP contribution in [0.1, 0.15) is 26.5 Å². The molecular weight excluding hydrogens is 200 g/mol. The molecule has 0 aliphatic heterocycles. The fraction of sp³-hybridized carbons (Fsp3) is 0.615. The molecule has 1 aromatic heterocycles. The van der Waals surface area contributed by atoms with E-state index in [2.05, 4.69) is 26.1 Å². The summed E-state index contributed by atoms with van der Waals surface area (Å²) in [6.07, 6.45) is 0.888. The highest BCUT2D eigenvalue weighted by Crippen LogP contribution is 2.05. The smallest absolute Gasteiger partial charge is 0.250 e. The van der Waals surface area contributed by atoms with Crippen LogP contribution in [0, 0.1) is 5.92 Å². The van der Waals surface area contributed by atoms with Crippen LogP contribution < -0.4 is 10.9 Å². The van der Waals surface area contributed by atoms with E-state index in [1.165, 1.54) is 0 Å². The minimum Gasteiger partial charge on any atom is -0.317 e. The third-order valence-corrected chi connectivity index (χ3v) is 2.70. The van der Waals surface area contributed by atoms with Crippen molar-refractivity contribution in [3.8, 4) is 0 Å². The summed E-state index contributed by atoms with van der Waals surface area (Å²) < 4.78 is 1.89. The van der Waals surface area contributed by atoms with Crippen LogP contribution in [0.4, 0.5) is 0 Å². The molecule has 0 amide bonds. The van der Waals surface area contributed by atoms with E-state index in [4.69, 9.17) is 0 Å². The lowest BCUT2D eigenvalue weighted by molar-refractivity contribution is 0.481. The van der Waals surface area contributed by atoms with E-state index in [1.54, 1.807) is 6.07 Å². The summed E-state index contributed by atoms with van der Waals surface area (Å²) in [6.45, 7) is 7.18. The van der Waals surface area contributed by atoms with Crippen molar-refractivity contribution in [1.29, 1.82) is 0 Å². The number of nitrogens with zero attached hydrogens (tertiary/aromatic N) is 1. The second kappa shape index (κ2) is 5.85. The van der Waals surface area contributed by atoms with Gasteiger partial charge in [0, 0.05) is 30.8 Å². The van der Waals surface area contributed by atoms with E-state index in [1.807, 2.05) is 23.7 Å². The molecule has 0 spiro atoms. The normalized spacial score (nSPS) is 13.1. The number of rotatable bonds is 5. The van der Waals surface area contributed by atoms with Crippen LogP contribution >= 0.6 is 0 Å². The summed E-state index contributed by atoms with van der Waals surface area (Å²) in [4.78, 5) is 11.8. The first-order valence-electron chi connectivity index (χ1n) is 5.90. The molecule has 90 valence electrons. The number of aromatic nitrogens is 1. The SMILES string of the molecule is CNC(C)Cc1cccc(=O)n1CC(C)C. The lowest BCUT2D eigenvalue weighted by Crippen LogP contribution is -2.30. The van der Waals surface area contributed by atoms with E-state index >= 15 is 0 Å². The van der Waals surface area contributed by atoms with Gasteiger partial charge in [0.2, 0.25) is 0 Å². The molecule has 1 heterocycles. The molecular formula is C13H22N2O. The van der Waals surface area contributed by atoms with Gasteiger partial charge in [-0.3, -0.25) is 4.79 Å². The van der Waals surface area contributed by atoms with Crippen molar-refractivity contribution in [2.24, 2.45) is 5.92 Å². The number of pyridine rings is 1. The average Bonchev–Trinajstić information content (AvgIpc) is 2.22. The van der Waals surface area contributed by atoms with Gasteiger partial charge in [-0.15, -0.1) is 0 Å². The lowest BCUT2D eigenvalue weighted by atomic mass is 10.1. The molecule has 0 saturated heterocycles. The second-order valence-electron chi connectivity index (χ2n) is 4.75. The fourth-order valence-corrected chi connectivity index (χ4v) is 1.73. The maximum Gasteiger partial charge on any atom is 0.250 e. The monoisotopic (exact) mass is 222 g/mol. The van der Waals surface area contributed by atoms with Crippen molar-refractivity contribution in [3.05, 3.63) is 34.2 Å². The number of hydrogen-bond donors (Lipinski definition) is 1. The molecule has 0 saturated carbocycles. The Labute approximate surface area is 97.5 Å². The topological polar surface area (TPSA) is 34.0 Å². The molecule has 0 radical (unpaired) electrons. The van der Waals surface area contributed by atoms with E-state index in [9.17, 15) is 4.79 Å². The highest BCUT2D eigenvalue weighted by Gasteiger charge is 2.08. The minimum absolute atomic E-state index is 0.106. The largest absolute Gasteiger partial charge is 0.317 e. The van der Waals surface area contributed by atoms with Gasteiger partial charge in [0.1, 0.15) is 0 Å². The molecule has 0 aromatic carbocycles. The summed E-state index contributed by atoms with van der Waals surface area (Å²) in [5, 5.41) is 3.20. The third kappa shape index (κ3) is 3.49. The standard InChI is InChI=1S/C13H22N2O/c1-10(2)9-15-12(8-11(3)14-4)6-5-7-13(15)16/h5-7,10-11,14H,8-9H2,1-4H3. The first-order chi connectivity index (χ1) is 7.54. The van der Waals surface area contributed by atoms with Crippen molar-refractivity contribution in [1.82, 2.24) is 9.88 Å². The van der Waals surface area contributed by atoms with Gasteiger partial charge in [0.25, 0.3) is 5.56 Å². The van der Waals surface area contributed by atoms with Gasteiger partial charge in [0.15, 0.2) is 0 Å². The van der Waals surface area contributed by atoms with Crippen LogP contribution in [0.25, 0.3) is 0 Å². The first-order valence-corrected chi connectivity index (χ1v) is 5.90. The first kappa shape index (κ1) is 13.0. The van der Waals surface area contributed by atoms with E-state index in [-0.39, 0.29) is 5.56 Å². The van der Waals surface area contributed by atoms with Crippen molar-refractivity contribution in [3.63, 3.8) is 0 Å². The van der Waals surface area contributed by atoms with Crippen molar-refractivity contribution >= 4 is 0 Å². The maximum atomic E-state index is 11.8. The summed E-state index contributed by atoms with van der Waals surface area (Å²) in [7, 11) is 1.94. The maximum absolute atomic E-state index is 11.8. The predicted octanol–water partition coefficient (Wildman–Crippen LogP) is 1.65. The summed E-state index contributed by atoms with van der Waals surface area (Å²) >= 11 is 0. The summed E-state index contributed by atoms with van der Waals surface area (Å²) in [6, 6.07) is 5.91. The van der Waals surface area contributed by atoms with Crippen LogP contribution in [0.5, 0.6) is 0 Å². The van der Waals surface area contributed by atoms with Crippen LogP contribution in [0.3, 0.4) is 0 Å². The van der Waals surface area contributed by atoms with Crippen molar-refractivity contribution in [2.45, 2.75) is 39.8 Å². The molecule has 3 nitrogen and oxygen atoms in total. The highest BCUT2D eigenvalue weighted by molar-refractivity contribution is 5.08. The van der Waals surface area contributed by atoms with Crippen LogP contribution in [-0.4, -0.2) is 17.7 Å². The molecule has 0 bridgehead atoms. The van der Waals surface area contributed by atoms with Crippen molar-refractivity contribution in [2.75, 3.05) is 7.05 Å². The molecule has 1 atom stereocenters. The zero-order valence-corrected chi connectivity index (χ0v) is 10.7. The average molecular weight is 222 g/mol. The summed E-state index contributed by atoms with van der Waals surface area (Å²) in [5.74, 6) is 0.490. The Morgan fingerprint density at radius 3 is 2.56 bits per heavy atom. The van der Waals surface area contributed by atoms with Gasteiger partial charge < -0.3 is 9.88 Å². The molecule has 16 heavy (non-hydrogen) atoms. The Hall–Kier alpha value is -1.09. The number of nitrogens with one attached hydrogen (secondary N) is 1. The van der Waals surface area contributed by atoms with Gasteiger partial charge in [-0.2, -0.15) is 0 Å². The zero-order valence-electron chi connectivity index (χ0n) is 10.7. The molecule has 1 unspecified atom stereocenters. The Morgan fingerprint density at radius 1 is 1.31 bits per heavy atom. The zero-order chi connectivity index (χ0) is 12.1. The molecule has 0 aliphatic rings. The van der Waals surface area contributed by atoms with Crippen LogP contribution in [0.2, 0.25) is 0 Å². The molecule has 3 heteroatoms. The lowest BCUT2D eigenvalue weighted by Gasteiger charge is -2.17. The van der Waals surface area contributed by atoms with Gasteiger partial charge in [-0.25, -0.2) is 0 Å². The second-order valence-corrected chi connectivity index (χ2v) is 4.75. The Kier molecular flexibility index (Phi) is 4.74. The van der Waals surface area contributed by atoms with E-state index in [0.717, 1.165) is 18.7 Å². The molecule has 1 aromatic rings. The molecule has 0 fully saturated rings.